The van der Waals surface area contributed by atoms with Crippen molar-refractivity contribution in [2.24, 2.45) is 0 Å². The SMILES string of the molecule is O=C(Nc1ccc(Oc2ncnc3[nH]ncc23)c(F)c1)Nc1cc(C(F)(F)F)[nH]n1. The highest BCUT2D eigenvalue weighted by atomic mass is 19.4. The maximum Gasteiger partial charge on any atom is 0.432 e. The molecule has 0 radical (unpaired) electrons. The molecule has 0 fully saturated rings. The fourth-order valence-electron chi connectivity index (χ4n) is 2.40. The first-order valence-electron chi connectivity index (χ1n) is 8.11. The normalized spacial score (nSPS) is 11.5. The van der Waals surface area contributed by atoms with Crippen LogP contribution in [0.4, 0.5) is 33.9 Å². The summed E-state index contributed by atoms with van der Waals surface area (Å²) in [6.07, 6.45) is -2.00. The maximum absolute atomic E-state index is 14.4. The highest BCUT2D eigenvalue weighted by molar-refractivity contribution is 5.99. The van der Waals surface area contributed by atoms with Gasteiger partial charge in [-0.2, -0.15) is 23.4 Å². The number of hydrogen-bond donors (Lipinski definition) is 4. The fourth-order valence-corrected chi connectivity index (χ4v) is 2.40. The molecule has 10 nitrogen and oxygen atoms in total. The molecular formula is C16H10F4N8O2. The van der Waals surface area contributed by atoms with E-state index in [-0.39, 0.29) is 23.1 Å². The van der Waals surface area contributed by atoms with E-state index in [1.807, 2.05) is 0 Å². The predicted molar refractivity (Wildman–Crippen MR) is 94.4 cm³/mol. The molecule has 30 heavy (non-hydrogen) atoms. The molecule has 0 bridgehead atoms. The summed E-state index contributed by atoms with van der Waals surface area (Å²) in [5.41, 5.74) is -0.690. The van der Waals surface area contributed by atoms with Crippen LogP contribution in [0.15, 0.2) is 36.8 Å². The van der Waals surface area contributed by atoms with Gasteiger partial charge in [0.2, 0.25) is 5.88 Å². The minimum atomic E-state index is -4.63. The molecule has 2 amide bonds. The number of carbonyl (C=O) groups is 1. The summed E-state index contributed by atoms with van der Waals surface area (Å²) in [6.45, 7) is 0. The maximum atomic E-state index is 14.4. The minimum absolute atomic E-state index is 0.0278. The number of amides is 2. The molecule has 0 aliphatic heterocycles. The summed E-state index contributed by atoms with van der Waals surface area (Å²) < 4.78 is 57.4. The summed E-state index contributed by atoms with van der Waals surface area (Å²) in [5.74, 6) is -1.27. The molecule has 4 N–H and O–H groups in total. The van der Waals surface area contributed by atoms with Crippen LogP contribution >= 0.6 is 0 Å². The summed E-state index contributed by atoms with van der Waals surface area (Å²) in [6, 6.07) is 3.25. The number of alkyl halides is 3. The molecule has 4 rings (SSSR count). The second kappa shape index (κ2) is 7.31. The highest BCUT2D eigenvalue weighted by Gasteiger charge is 2.33. The van der Waals surface area contributed by atoms with Gasteiger partial charge in [-0.05, 0) is 12.1 Å². The number of ether oxygens (including phenoxy) is 1. The second-order valence-corrected chi connectivity index (χ2v) is 5.80. The van der Waals surface area contributed by atoms with Crippen LogP contribution in [0.5, 0.6) is 11.6 Å². The average Bonchev–Trinajstić information content (AvgIpc) is 3.33. The largest absolute Gasteiger partial charge is 0.435 e. The van der Waals surface area contributed by atoms with Gasteiger partial charge in [-0.25, -0.2) is 19.2 Å². The molecule has 0 saturated carbocycles. The van der Waals surface area contributed by atoms with Crippen LogP contribution in [0.3, 0.4) is 0 Å². The van der Waals surface area contributed by atoms with E-state index >= 15 is 0 Å². The Hall–Kier alpha value is -4.23. The van der Waals surface area contributed by atoms with Crippen LogP contribution in [0.25, 0.3) is 11.0 Å². The molecule has 3 aromatic heterocycles. The molecule has 3 heterocycles. The first-order valence-corrected chi connectivity index (χ1v) is 8.11. The number of anilines is 2. The molecule has 0 aliphatic carbocycles. The first-order chi connectivity index (χ1) is 14.3. The van der Waals surface area contributed by atoms with Gasteiger partial charge in [-0.1, -0.05) is 0 Å². The number of carbonyl (C=O) groups excluding carboxylic acids is 1. The van der Waals surface area contributed by atoms with Gasteiger partial charge in [-0.15, -0.1) is 0 Å². The molecule has 0 aliphatic rings. The molecule has 14 heteroatoms. The Bertz CT molecular complexity index is 1220. The third kappa shape index (κ3) is 3.96. The molecule has 0 atom stereocenters. The lowest BCUT2D eigenvalue weighted by molar-refractivity contribution is -0.141. The van der Waals surface area contributed by atoms with Gasteiger partial charge in [-0.3, -0.25) is 15.5 Å². The summed E-state index contributed by atoms with van der Waals surface area (Å²) in [5, 5.41) is 16.3. The lowest BCUT2D eigenvalue weighted by Crippen LogP contribution is -2.19. The van der Waals surface area contributed by atoms with Crippen LogP contribution in [0.2, 0.25) is 0 Å². The van der Waals surface area contributed by atoms with Crippen molar-refractivity contribution < 1.29 is 27.1 Å². The number of hydrogen-bond acceptors (Lipinski definition) is 6. The van der Waals surface area contributed by atoms with E-state index in [0.717, 1.165) is 6.07 Å². The van der Waals surface area contributed by atoms with E-state index in [4.69, 9.17) is 4.74 Å². The standard InChI is InChI=1S/C16H10F4N8O2/c17-9-3-7(24-15(29)25-12-4-11(26-27-12)16(18,19)20)1-2-10(9)30-14-8-5-23-28-13(8)21-6-22-14/h1-6H,(H,21,22,23,28)(H3,24,25,26,27,29). The molecular weight excluding hydrogens is 412 g/mol. The number of urea groups is 1. The van der Waals surface area contributed by atoms with Gasteiger partial charge in [0.05, 0.1) is 6.20 Å². The summed E-state index contributed by atoms with van der Waals surface area (Å²) in [7, 11) is 0. The zero-order valence-electron chi connectivity index (χ0n) is 14.6. The van der Waals surface area contributed by atoms with Gasteiger partial charge in [0, 0.05) is 17.8 Å². The Morgan fingerprint density at radius 1 is 1.10 bits per heavy atom. The molecule has 4 aromatic rings. The Labute approximate surface area is 163 Å². The van der Waals surface area contributed by atoms with Crippen molar-refractivity contribution in [3.63, 3.8) is 0 Å². The Balaban J connectivity index is 1.43. The van der Waals surface area contributed by atoms with Gasteiger partial charge in [0.1, 0.15) is 17.4 Å². The van der Waals surface area contributed by atoms with Crippen molar-refractivity contribution in [1.82, 2.24) is 30.4 Å². The van der Waals surface area contributed by atoms with Crippen molar-refractivity contribution in [1.29, 1.82) is 0 Å². The van der Waals surface area contributed by atoms with Crippen LogP contribution in [-0.2, 0) is 6.18 Å². The van der Waals surface area contributed by atoms with Gasteiger partial charge in [0.25, 0.3) is 0 Å². The Morgan fingerprint density at radius 2 is 1.93 bits per heavy atom. The lowest BCUT2D eigenvalue weighted by Gasteiger charge is -2.09. The van der Waals surface area contributed by atoms with Gasteiger partial charge < -0.3 is 10.1 Å². The second-order valence-electron chi connectivity index (χ2n) is 5.80. The van der Waals surface area contributed by atoms with Gasteiger partial charge >= 0.3 is 12.2 Å². The Kier molecular flexibility index (Phi) is 4.65. The third-order valence-corrected chi connectivity index (χ3v) is 3.73. The van der Waals surface area contributed by atoms with Crippen molar-refractivity contribution in [2.75, 3.05) is 10.6 Å². The van der Waals surface area contributed by atoms with Crippen LogP contribution in [-0.4, -0.2) is 36.4 Å². The zero-order chi connectivity index (χ0) is 21.3. The van der Waals surface area contributed by atoms with Crippen molar-refractivity contribution in [2.45, 2.75) is 6.18 Å². The van der Waals surface area contributed by atoms with E-state index < -0.39 is 23.7 Å². The molecule has 1 aromatic carbocycles. The van der Waals surface area contributed by atoms with Crippen LogP contribution in [0.1, 0.15) is 5.69 Å². The number of nitrogens with zero attached hydrogens (tertiary/aromatic N) is 4. The number of fused-ring (bicyclic) bond motifs is 1. The summed E-state index contributed by atoms with van der Waals surface area (Å²) in [4.78, 5) is 19.8. The van der Waals surface area contributed by atoms with Crippen LogP contribution < -0.4 is 15.4 Å². The number of nitrogens with one attached hydrogen (secondary N) is 4. The number of aromatic nitrogens is 6. The fraction of sp³-hybridized carbons (Fsp3) is 0.0625. The van der Waals surface area contributed by atoms with E-state index in [0.29, 0.717) is 17.1 Å². The quantitative estimate of drug-likeness (QED) is 0.371. The smallest absolute Gasteiger partial charge is 0.432 e. The zero-order valence-corrected chi connectivity index (χ0v) is 14.6. The molecule has 154 valence electrons. The predicted octanol–water partition coefficient (Wildman–Crippen LogP) is 3.67. The number of H-pyrrole nitrogens is 2. The number of rotatable bonds is 4. The van der Waals surface area contributed by atoms with Crippen molar-refractivity contribution in [3.8, 4) is 11.6 Å². The minimum Gasteiger partial charge on any atom is -0.435 e. The Morgan fingerprint density at radius 3 is 2.67 bits per heavy atom. The number of halogens is 4. The molecule has 0 spiro atoms. The monoisotopic (exact) mass is 422 g/mol. The van der Waals surface area contributed by atoms with Gasteiger partial charge in [0.15, 0.2) is 23.0 Å². The number of aromatic amines is 2. The first kappa shape index (κ1) is 19.1. The van der Waals surface area contributed by atoms with E-state index in [2.05, 4.69) is 35.9 Å². The highest BCUT2D eigenvalue weighted by Crippen LogP contribution is 2.30. The summed E-state index contributed by atoms with van der Waals surface area (Å²) >= 11 is 0. The average molecular weight is 422 g/mol. The topological polar surface area (TPSA) is 134 Å². The van der Waals surface area contributed by atoms with E-state index in [1.165, 1.54) is 24.7 Å². The van der Waals surface area contributed by atoms with E-state index in [9.17, 15) is 22.4 Å². The lowest BCUT2D eigenvalue weighted by atomic mass is 10.3. The molecule has 0 unspecified atom stereocenters. The van der Waals surface area contributed by atoms with Crippen molar-refractivity contribution >= 4 is 28.6 Å². The van der Waals surface area contributed by atoms with E-state index in [1.54, 1.807) is 5.10 Å². The number of benzene rings is 1. The third-order valence-electron chi connectivity index (χ3n) is 3.73. The van der Waals surface area contributed by atoms with Crippen LogP contribution in [0, 0.1) is 5.82 Å². The molecule has 0 saturated heterocycles. The van der Waals surface area contributed by atoms with Crippen molar-refractivity contribution in [3.05, 3.63) is 48.3 Å².